The summed E-state index contributed by atoms with van der Waals surface area (Å²) in [5.74, 6) is -0.576. The van der Waals surface area contributed by atoms with Gasteiger partial charge in [0.2, 0.25) is 0 Å². The second-order valence-corrected chi connectivity index (χ2v) is 10.1. The van der Waals surface area contributed by atoms with E-state index in [1.807, 2.05) is 0 Å². The Morgan fingerprint density at radius 2 is 1.74 bits per heavy atom. The van der Waals surface area contributed by atoms with Crippen LogP contribution in [0, 0.1) is 5.82 Å². The molecule has 0 saturated heterocycles. The summed E-state index contributed by atoms with van der Waals surface area (Å²) in [6, 6.07) is 7.85. The SMILES string of the molecule is CCS(=O)(=O)c1cc(-c2ccc(F)cc2)c2nccn2c1-c1nc2cc(C(F)(F)F)cnc2n1C. The summed E-state index contributed by atoms with van der Waals surface area (Å²) in [5, 5.41) is 0. The molecule has 0 bridgehead atoms. The molecule has 0 N–H and O–H groups in total. The molecule has 5 rings (SSSR count). The van der Waals surface area contributed by atoms with E-state index in [0.717, 1.165) is 6.07 Å². The highest BCUT2D eigenvalue weighted by Crippen LogP contribution is 2.37. The Bertz CT molecular complexity index is 1700. The van der Waals surface area contributed by atoms with Crippen LogP contribution in [0.15, 0.2) is 59.9 Å². The van der Waals surface area contributed by atoms with E-state index in [0.29, 0.717) is 23.0 Å². The first-order valence-electron chi connectivity index (χ1n) is 10.4. The van der Waals surface area contributed by atoms with Crippen molar-refractivity contribution >= 4 is 26.6 Å². The van der Waals surface area contributed by atoms with E-state index in [4.69, 9.17) is 0 Å². The molecule has 0 radical (unpaired) electrons. The Morgan fingerprint density at radius 3 is 2.40 bits per heavy atom. The lowest BCUT2D eigenvalue weighted by atomic mass is 10.1. The fourth-order valence-corrected chi connectivity index (χ4v) is 5.05. The van der Waals surface area contributed by atoms with Crippen LogP contribution in [0.3, 0.4) is 0 Å². The van der Waals surface area contributed by atoms with Crippen LogP contribution in [0.25, 0.3) is 39.5 Å². The van der Waals surface area contributed by atoms with E-state index in [2.05, 4.69) is 15.0 Å². The first-order chi connectivity index (χ1) is 16.5. The first kappa shape index (κ1) is 23.0. The van der Waals surface area contributed by atoms with Gasteiger partial charge in [-0.1, -0.05) is 19.1 Å². The molecule has 35 heavy (non-hydrogen) atoms. The molecular formula is C23H17F4N5O2S. The molecule has 0 aliphatic heterocycles. The van der Waals surface area contributed by atoms with E-state index >= 15 is 0 Å². The molecule has 0 aliphatic carbocycles. The molecule has 1 aromatic carbocycles. The molecular weight excluding hydrogens is 486 g/mol. The number of pyridine rings is 2. The minimum Gasteiger partial charge on any atom is -0.311 e. The molecule has 4 aromatic heterocycles. The van der Waals surface area contributed by atoms with Gasteiger partial charge in [-0.25, -0.2) is 27.8 Å². The van der Waals surface area contributed by atoms with Crippen molar-refractivity contribution in [1.82, 2.24) is 23.9 Å². The fraction of sp³-hybridized carbons (Fsp3) is 0.174. The average molecular weight is 503 g/mol. The lowest BCUT2D eigenvalue weighted by Crippen LogP contribution is -2.11. The second kappa shape index (κ2) is 7.87. The van der Waals surface area contributed by atoms with E-state index in [9.17, 15) is 26.0 Å². The quantitative estimate of drug-likeness (QED) is 0.326. The van der Waals surface area contributed by atoms with Crippen molar-refractivity contribution in [3.05, 3.63) is 66.4 Å². The van der Waals surface area contributed by atoms with Crippen molar-refractivity contribution < 1.29 is 26.0 Å². The molecule has 4 heterocycles. The predicted octanol–water partition coefficient (Wildman–Crippen LogP) is 4.90. The summed E-state index contributed by atoms with van der Waals surface area (Å²) in [6.07, 6.45) is -0.886. The van der Waals surface area contributed by atoms with Gasteiger partial charge in [-0.3, -0.25) is 4.40 Å². The van der Waals surface area contributed by atoms with Crippen molar-refractivity contribution in [2.24, 2.45) is 7.05 Å². The Hall–Kier alpha value is -3.80. The van der Waals surface area contributed by atoms with Crippen LogP contribution in [0.1, 0.15) is 12.5 Å². The van der Waals surface area contributed by atoms with Gasteiger partial charge in [0.25, 0.3) is 0 Å². The van der Waals surface area contributed by atoms with E-state index in [1.54, 1.807) is 13.2 Å². The smallest absolute Gasteiger partial charge is 0.311 e. The van der Waals surface area contributed by atoms with Crippen LogP contribution < -0.4 is 0 Å². The molecule has 5 aromatic rings. The standard InChI is InChI=1S/C23H17F4N5O2S/c1-3-35(33,34)18-11-16(13-4-6-15(24)7-5-13)20-28-8-9-32(20)19(18)22-30-17-10-14(23(25,26)27)12-29-21(17)31(22)2/h4-12H,3H2,1-2H3. The van der Waals surface area contributed by atoms with E-state index < -0.39 is 27.4 Å². The minimum absolute atomic E-state index is 0.0342. The Morgan fingerprint density at radius 1 is 1.03 bits per heavy atom. The van der Waals surface area contributed by atoms with E-state index in [-0.39, 0.29) is 33.3 Å². The Balaban J connectivity index is 1.86. The molecule has 0 saturated carbocycles. The number of hydrogen-bond acceptors (Lipinski definition) is 5. The van der Waals surface area contributed by atoms with Gasteiger partial charge in [0.15, 0.2) is 21.3 Å². The number of hydrogen-bond donors (Lipinski definition) is 0. The third-order valence-electron chi connectivity index (χ3n) is 5.75. The van der Waals surface area contributed by atoms with Gasteiger partial charge in [0.1, 0.15) is 22.7 Å². The van der Waals surface area contributed by atoms with Crippen LogP contribution in [0.5, 0.6) is 0 Å². The summed E-state index contributed by atoms with van der Waals surface area (Å²) in [4.78, 5) is 12.5. The van der Waals surface area contributed by atoms with E-state index in [1.165, 1.54) is 52.4 Å². The summed E-state index contributed by atoms with van der Waals surface area (Å²) in [6.45, 7) is 1.49. The Kier molecular flexibility index (Phi) is 5.16. The van der Waals surface area contributed by atoms with Crippen LogP contribution >= 0.6 is 0 Å². The zero-order valence-corrected chi connectivity index (χ0v) is 19.2. The second-order valence-electron chi connectivity index (χ2n) is 7.86. The lowest BCUT2D eigenvalue weighted by Gasteiger charge is -2.15. The molecule has 180 valence electrons. The molecule has 7 nitrogen and oxygen atoms in total. The highest BCUT2D eigenvalue weighted by Gasteiger charge is 2.32. The maximum Gasteiger partial charge on any atom is 0.417 e. The highest BCUT2D eigenvalue weighted by atomic mass is 32.2. The van der Waals surface area contributed by atoms with Crippen molar-refractivity contribution in [2.45, 2.75) is 18.0 Å². The molecule has 12 heteroatoms. The average Bonchev–Trinajstić information content (AvgIpc) is 3.43. The van der Waals surface area contributed by atoms with Gasteiger partial charge in [-0.2, -0.15) is 13.2 Å². The number of imidazole rings is 2. The van der Waals surface area contributed by atoms with Crippen LogP contribution in [-0.2, 0) is 23.1 Å². The van der Waals surface area contributed by atoms with Gasteiger partial charge < -0.3 is 4.57 Å². The monoisotopic (exact) mass is 503 g/mol. The summed E-state index contributed by atoms with van der Waals surface area (Å²) in [5.41, 5.74) is 0.661. The highest BCUT2D eigenvalue weighted by molar-refractivity contribution is 7.91. The number of sulfone groups is 1. The molecule has 0 atom stereocenters. The van der Waals surface area contributed by atoms with Crippen molar-refractivity contribution in [3.8, 4) is 22.6 Å². The Labute approximate surface area is 196 Å². The van der Waals surface area contributed by atoms with Gasteiger partial charge in [0, 0.05) is 31.2 Å². The number of fused-ring (bicyclic) bond motifs is 2. The van der Waals surface area contributed by atoms with Crippen molar-refractivity contribution in [2.75, 3.05) is 5.75 Å². The number of rotatable bonds is 4. The molecule has 0 amide bonds. The third-order valence-corrected chi connectivity index (χ3v) is 7.49. The van der Waals surface area contributed by atoms with Crippen LogP contribution in [0.2, 0.25) is 0 Å². The number of aryl methyl sites for hydroxylation is 1. The van der Waals surface area contributed by atoms with Crippen molar-refractivity contribution in [3.63, 3.8) is 0 Å². The first-order valence-corrected chi connectivity index (χ1v) is 12.1. The zero-order valence-electron chi connectivity index (χ0n) is 18.4. The van der Waals surface area contributed by atoms with Gasteiger partial charge in [0.05, 0.1) is 16.2 Å². The summed E-state index contributed by atoms with van der Waals surface area (Å²) >= 11 is 0. The number of halogens is 4. The normalized spacial score (nSPS) is 12.6. The number of aromatic nitrogens is 5. The summed E-state index contributed by atoms with van der Waals surface area (Å²) < 4.78 is 82.6. The predicted molar refractivity (Wildman–Crippen MR) is 121 cm³/mol. The van der Waals surface area contributed by atoms with Gasteiger partial charge in [-0.15, -0.1) is 0 Å². The van der Waals surface area contributed by atoms with Crippen molar-refractivity contribution in [1.29, 1.82) is 0 Å². The van der Waals surface area contributed by atoms with Crippen LogP contribution in [0.4, 0.5) is 17.6 Å². The molecule has 0 unspecified atom stereocenters. The zero-order chi connectivity index (χ0) is 25.1. The van der Waals surface area contributed by atoms with Crippen LogP contribution in [-0.4, -0.2) is 38.1 Å². The largest absolute Gasteiger partial charge is 0.417 e. The van der Waals surface area contributed by atoms with Gasteiger partial charge in [-0.05, 0) is 29.8 Å². The maximum absolute atomic E-state index is 13.5. The van der Waals surface area contributed by atoms with Gasteiger partial charge >= 0.3 is 6.18 Å². The molecule has 0 spiro atoms. The molecule has 0 aliphatic rings. The summed E-state index contributed by atoms with van der Waals surface area (Å²) in [7, 11) is -2.30. The minimum atomic E-state index is -4.61. The third kappa shape index (κ3) is 3.73. The maximum atomic E-state index is 13.5. The lowest BCUT2D eigenvalue weighted by molar-refractivity contribution is -0.137. The number of benzene rings is 1. The number of alkyl halides is 3. The fourth-order valence-electron chi connectivity index (χ4n) is 3.96. The topological polar surface area (TPSA) is 82.2 Å². The number of nitrogens with zero attached hydrogens (tertiary/aromatic N) is 5. The molecule has 0 fully saturated rings.